The Bertz CT molecular complexity index is 1150. The summed E-state index contributed by atoms with van der Waals surface area (Å²) in [4.78, 5) is 29.9. The van der Waals surface area contributed by atoms with Crippen LogP contribution in [0.2, 0.25) is 0 Å². The van der Waals surface area contributed by atoms with E-state index in [0.29, 0.717) is 17.4 Å². The number of thioether (sulfide) groups is 1. The molecule has 3 aromatic heterocycles. The number of anilines is 1. The molecule has 8 nitrogen and oxygen atoms in total. The fourth-order valence-electron chi connectivity index (χ4n) is 3.98. The maximum Gasteiger partial charge on any atom is 0.311 e. The molecule has 0 fully saturated rings. The molecule has 182 valence electrons. The number of amides is 1. The highest BCUT2D eigenvalue weighted by molar-refractivity contribution is 7.99. The van der Waals surface area contributed by atoms with Crippen LogP contribution in [0.1, 0.15) is 49.7 Å². The summed E-state index contributed by atoms with van der Waals surface area (Å²) in [6.45, 7) is 7.35. The fourth-order valence-corrected chi connectivity index (χ4v) is 6.71. The van der Waals surface area contributed by atoms with Crippen molar-refractivity contribution in [3.63, 3.8) is 0 Å². The van der Waals surface area contributed by atoms with Crippen molar-refractivity contribution in [1.29, 1.82) is 0 Å². The first kappa shape index (κ1) is 24.9. The standard InChI is InChI=1S/C23H29N5O3S3/c1-4-8-28-21(17-12-32-18-9-14(3)6-7-16(17)18)26-27-23(28)34-13-19(29)25-22-24-15(11-33-22)10-20(30)31-5-2/h11-12,14H,4-10,13H2,1-3H3,(H,24,25,29). The molecule has 34 heavy (non-hydrogen) atoms. The summed E-state index contributed by atoms with van der Waals surface area (Å²) in [6, 6.07) is 0. The second kappa shape index (κ2) is 11.5. The molecule has 3 aromatic rings. The molecular weight excluding hydrogens is 490 g/mol. The van der Waals surface area contributed by atoms with Crippen molar-refractivity contribution in [2.24, 2.45) is 5.92 Å². The Hall–Kier alpha value is -2.24. The number of hydrogen-bond donors (Lipinski definition) is 1. The van der Waals surface area contributed by atoms with Gasteiger partial charge in [-0.15, -0.1) is 32.9 Å². The van der Waals surface area contributed by atoms with E-state index in [4.69, 9.17) is 4.74 Å². The van der Waals surface area contributed by atoms with E-state index in [1.54, 1.807) is 12.3 Å². The number of nitrogens with zero attached hydrogens (tertiary/aromatic N) is 4. The summed E-state index contributed by atoms with van der Waals surface area (Å²) in [6.07, 6.45) is 4.49. The van der Waals surface area contributed by atoms with E-state index < -0.39 is 0 Å². The number of carbonyl (C=O) groups is 2. The maximum absolute atomic E-state index is 12.5. The molecular formula is C23H29N5O3S3. The lowest BCUT2D eigenvalue weighted by atomic mass is 9.88. The van der Waals surface area contributed by atoms with Crippen LogP contribution in [0.4, 0.5) is 5.13 Å². The number of esters is 1. The van der Waals surface area contributed by atoms with Crippen molar-refractivity contribution in [2.45, 2.75) is 64.6 Å². The number of hydrogen-bond acceptors (Lipinski definition) is 9. The molecule has 1 unspecified atom stereocenters. The molecule has 0 spiro atoms. The van der Waals surface area contributed by atoms with Gasteiger partial charge in [0.2, 0.25) is 5.91 Å². The third-order valence-corrected chi connectivity index (χ3v) is 8.39. The number of carbonyl (C=O) groups excluding carboxylic acids is 2. The molecule has 1 aliphatic carbocycles. The largest absolute Gasteiger partial charge is 0.466 e. The van der Waals surface area contributed by atoms with E-state index in [-0.39, 0.29) is 24.1 Å². The van der Waals surface area contributed by atoms with E-state index in [9.17, 15) is 9.59 Å². The molecule has 1 atom stereocenters. The van der Waals surface area contributed by atoms with Gasteiger partial charge in [-0.3, -0.25) is 9.59 Å². The minimum absolute atomic E-state index is 0.100. The average Bonchev–Trinajstić information content (AvgIpc) is 3.51. The zero-order chi connectivity index (χ0) is 24.1. The van der Waals surface area contributed by atoms with Crippen LogP contribution in [0.5, 0.6) is 0 Å². The van der Waals surface area contributed by atoms with Gasteiger partial charge in [0.15, 0.2) is 16.1 Å². The molecule has 0 saturated carbocycles. The first-order valence-corrected chi connectivity index (χ1v) is 14.3. The molecule has 0 saturated heterocycles. The van der Waals surface area contributed by atoms with Crippen molar-refractivity contribution in [3.05, 3.63) is 26.9 Å². The summed E-state index contributed by atoms with van der Waals surface area (Å²) < 4.78 is 7.08. The Morgan fingerprint density at radius 1 is 1.26 bits per heavy atom. The predicted molar refractivity (Wildman–Crippen MR) is 137 cm³/mol. The van der Waals surface area contributed by atoms with Crippen LogP contribution < -0.4 is 5.32 Å². The summed E-state index contributed by atoms with van der Waals surface area (Å²) in [5.74, 6) is 1.34. The molecule has 1 aliphatic rings. The highest BCUT2D eigenvalue weighted by atomic mass is 32.2. The molecule has 11 heteroatoms. The van der Waals surface area contributed by atoms with E-state index in [1.165, 1.54) is 45.5 Å². The fraction of sp³-hybridized carbons (Fsp3) is 0.522. The third-order valence-electron chi connectivity index (χ3n) is 5.57. The Kier molecular flexibility index (Phi) is 8.38. The maximum atomic E-state index is 12.5. The summed E-state index contributed by atoms with van der Waals surface area (Å²) in [7, 11) is 0. The molecule has 1 N–H and O–H groups in total. The van der Waals surface area contributed by atoms with Gasteiger partial charge in [-0.2, -0.15) is 0 Å². The van der Waals surface area contributed by atoms with Crippen LogP contribution in [0.3, 0.4) is 0 Å². The zero-order valence-electron chi connectivity index (χ0n) is 19.6. The lowest BCUT2D eigenvalue weighted by molar-refractivity contribution is -0.142. The van der Waals surface area contributed by atoms with Gasteiger partial charge < -0.3 is 14.6 Å². The van der Waals surface area contributed by atoms with Crippen molar-refractivity contribution < 1.29 is 14.3 Å². The molecule has 3 heterocycles. The molecule has 1 amide bonds. The second-order valence-corrected chi connectivity index (χ2v) is 11.1. The van der Waals surface area contributed by atoms with Gasteiger partial charge in [0.25, 0.3) is 0 Å². The number of fused-ring (bicyclic) bond motifs is 1. The monoisotopic (exact) mass is 519 g/mol. The van der Waals surface area contributed by atoms with Gasteiger partial charge >= 0.3 is 5.97 Å². The van der Waals surface area contributed by atoms with Gasteiger partial charge in [0.05, 0.1) is 24.5 Å². The molecule has 0 aromatic carbocycles. The molecule has 0 bridgehead atoms. The normalized spacial score (nSPS) is 15.2. The van der Waals surface area contributed by atoms with Gasteiger partial charge in [0.1, 0.15) is 0 Å². The highest BCUT2D eigenvalue weighted by Gasteiger charge is 2.24. The lowest BCUT2D eigenvalue weighted by Crippen LogP contribution is -2.15. The first-order chi connectivity index (χ1) is 16.5. The number of rotatable bonds is 10. The van der Waals surface area contributed by atoms with E-state index in [2.05, 4.69) is 44.3 Å². The van der Waals surface area contributed by atoms with Gasteiger partial charge in [-0.05, 0) is 44.1 Å². The van der Waals surface area contributed by atoms with Crippen LogP contribution in [0.15, 0.2) is 15.9 Å². The predicted octanol–water partition coefficient (Wildman–Crippen LogP) is 4.83. The van der Waals surface area contributed by atoms with Gasteiger partial charge in [-0.1, -0.05) is 25.6 Å². The van der Waals surface area contributed by atoms with E-state index >= 15 is 0 Å². The van der Waals surface area contributed by atoms with Crippen LogP contribution in [-0.4, -0.2) is 44.0 Å². The van der Waals surface area contributed by atoms with Crippen molar-refractivity contribution >= 4 is 51.4 Å². The van der Waals surface area contributed by atoms with Crippen molar-refractivity contribution in [2.75, 3.05) is 17.7 Å². The second-order valence-electron chi connectivity index (χ2n) is 8.32. The van der Waals surface area contributed by atoms with E-state index in [0.717, 1.165) is 42.7 Å². The Labute approximate surface area is 211 Å². The summed E-state index contributed by atoms with van der Waals surface area (Å²) >= 11 is 4.50. The first-order valence-electron chi connectivity index (χ1n) is 11.5. The SMILES string of the molecule is CCCn1c(SCC(=O)Nc2nc(CC(=O)OCC)cs2)nnc1-c1csc2c1CCC(C)C2. The number of thiophene rings is 1. The third kappa shape index (κ3) is 5.87. The number of thiazole rings is 1. The quantitative estimate of drug-likeness (QED) is 0.302. The zero-order valence-corrected chi connectivity index (χ0v) is 22.1. The van der Waals surface area contributed by atoms with Crippen molar-refractivity contribution in [1.82, 2.24) is 19.7 Å². The number of aromatic nitrogens is 4. The molecule has 4 rings (SSSR count). The van der Waals surface area contributed by atoms with Crippen LogP contribution in [0.25, 0.3) is 11.4 Å². The summed E-state index contributed by atoms with van der Waals surface area (Å²) in [5.41, 5.74) is 3.21. The van der Waals surface area contributed by atoms with Crippen LogP contribution >= 0.6 is 34.4 Å². The minimum atomic E-state index is -0.325. The summed E-state index contributed by atoms with van der Waals surface area (Å²) in [5, 5.41) is 17.0. The van der Waals surface area contributed by atoms with Crippen molar-refractivity contribution in [3.8, 4) is 11.4 Å². The van der Waals surface area contributed by atoms with E-state index in [1.807, 2.05) is 11.3 Å². The minimum Gasteiger partial charge on any atom is -0.466 e. The smallest absolute Gasteiger partial charge is 0.311 e. The lowest BCUT2D eigenvalue weighted by Gasteiger charge is -2.19. The Morgan fingerprint density at radius 3 is 2.91 bits per heavy atom. The Balaban J connectivity index is 1.40. The average molecular weight is 520 g/mol. The van der Waals surface area contributed by atoms with Crippen LogP contribution in [-0.2, 0) is 40.1 Å². The van der Waals surface area contributed by atoms with Gasteiger partial charge in [-0.25, -0.2) is 4.98 Å². The van der Waals surface area contributed by atoms with Gasteiger partial charge in [0, 0.05) is 27.7 Å². The molecule has 0 radical (unpaired) electrons. The topological polar surface area (TPSA) is 99.0 Å². The van der Waals surface area contributed by atoms with Crippen LogP contribution in [0, 0.1) is 5.92 Å². The Morgan fingerprint density at radius 2 is 2.12 bits per heavy atom. The number of ether oxygens (including phenoxy) is 1. The highest BCUT2D eigenvalue weighted by Crippen LogP contribution is 2.38. The number of nitrogens with one attached hydrogen (secondary N) is 1. The molecule has 0 aliphatic heterocycles.